The molecule has 1 aromatic heterocycles. The summed E-state index contributed by atoms with van der Waals surface area (Å²) in [6, 6.07) is 9.96. The Kier molecular flexibility index (Phi) is 4.08. The van der Waals surface area contributed by atoms with Crippen LogP contribution in [0, 0.1) is 6.92 Å². The van der Waals surface area contributed by atoms with E-state index in [9.17, 15) is 4.79 Å². The van der Waals surface area contributed by atoms with Crippen molar-refractivity contribution in [2.75, 3.05) is 11.9 Å². The second-order valence-corrected chi connectivity index (χ2v) is 6.57. The van der Waals surface area contributed by atoms with Crippen molar-refractivity contribution < 1.29 is 4.79 Å². The molecule has 1 atom stereocenters. The minimum Gasteiger partial charge on any atom is -0.324 e. The van der Waals surface area contributed by atoms with Crippen molar-refractivity contribution in [1.29, 1.82) is 0 Å². The van der Waals surface area contributed by atoms with Crippen molar-refractivity contribution in [3.05, 3.63) is 51.7 Å². The lowest BCUT2D eigenvalue weighted by atomic mass is 10.1. The van der Waals surface area contributed by atoms with Crippen LogP contribution in [0.2, 0.25) is 0 Å². The Morgan fingerprint density at radius 3 is 2.95 bits per heavy atom. The lowest BCUT2D eigenvalue weighted by molar-refractivity contribution is -0.121. The van der Waals surface area contributed by atoms with Gasteiger partial charge in [-0.15, -0.1) is 11.3 Å². The van der Waals surface area contributed by atoms with Crippen LogP contribution in [0.15, 0.2) is 35.7 Å². The SMILES string of the molecule is Cc1ccccc1NC(=O)C(C)N1CCc2sccc2C1. The molecule has 4 heteroatoms. The molecule has 1 N–H and O–H groups in total. The van der Waals surface area contributed by atoms with Crippen LogP contribution in [0.25, 0.3) is 0 Å². The Balaban J connectivity index is 1.67. The van der Waals surface area contributed by atoms with Crippen LogP contribution < -0.4 is 5.32 Å². The number of nitrogens with zero attached hydrogens (tertiary/aromatic N) is 1. The van der Waals surface area contributed by atoms with Gasteiger partial charge < -0.3 is 5.32 Å². The maximum absolute atomic E-state index is 12.5. The quantitative estimate of drug-likeness (QED) is 0.941. The highest BCUT2D eigenvalue weighted by Gasteiger charge is 2.26. The van der Waals surface area contributed by atoms with Crippen LogP contribution in [0.4, 0.5) is 5.69 Å². The molecule has 0 bridgehead atoms. The van der Waals surface area contributed by atoms with Crippen LogP contribution in [-0.2, 0) is 17.8 Å². The predicted molar refractivity (Wildman–Crippen MR) is 87.7 cm³/mol. The van der Waals surface area contributed by atoms with E-state index in [1.807, 2.05) is 49.4 Å². The van der Waals surface area contributed by atoms with E-state index >= 15 is 0 Å². The monoisotopic (exact) mass is 300 g/mol. The van der Waals surface area contributed by atoms with Gasteiger partial charge in [-0.3, -0.25) is 9.69 Å². The molecule has 0 radical (unpaired) electrons. The van der Waals surface area contributed by atoms with Gasteiger partial charge in [-0.05, 0) is 48.9 Å². The van der Waals surface area contributed by atoms with E-state index in [0.29, 0.717) is 0 Å². The summed E-state index contributed by atoms with van der Waals surface area (Å²) in [6.07, 6.45) is 1.05. The van der Waals surface area contributed by atoms with E-state index in [4.69, 9.17) is 0 Å². The fourth-order valence-corrected chi connectivity index (χ4v) is 3.61. The lowest BCUT2D eigenvalue weighted by Crippen LogP contribution is -2.44. The molecule has 3 rings (SSSR count). The molecule has 2 aromatic rings. The highest BCUT2D eigenvalue weighted by atomic mass is 32.1. The molecule has 0 saturated heterocycles. The molecule has 110 valence electrons. The van der Waals surface area contributed by atoms with Gasteiger partial charge in [0, 0.05) is 23.7 Å². The number of rotatable bonds is 3. The number of fused-ring (bicyclic) bond motifs is 1. The number of benzene rings is 1. The number of para-hydroxylation sites is 1. The fraction of sp³-hybridized carbons (Fsp3) is 0.353. The zero-order chi connectivity index (χ0) is 14.8. The number of thiophene rings is 1. The number of nitrogens with one attached hydrogen (secondary N) is 1. The Morgan fingerprint density at radius 1 is 1.33 bits per heavy atom. The molecule has 0 fully saturated rings. The van der Waals surface area contributed by atoms with Gasteiger partial charge in [0.05, 0.1) is 6.04 Å². The molecule has 1 aliphatic heterocycles. The average molecular weight is 300 g/mol. The highest BCUT2D eigenvalue weighted by Crippen LogP contribution is 2.25. The van der Waals surface area contributed by atoms with Crippen molar-refractivity contribution in [3.63, 3.8) is 0 Å². The number of hydrogen-bond acceptors (Lipinski definition) is 3. The fourth-order valence-electron chi connectivity index (χ4n) is 2.72. The van der Waals surface area contributed by atoms with E-state index in [1.165, 1.54) is 10.4 Å². The minimum absolute atomic E-state index is 0.0722. The molecule has 0 aliphatic carbocycles. The van der Waals surface area contributed by atoms with Crippen LogP contribution >= 0.6 is 11.3 Å². The van der Waals surface area contributed by atoms with E-state index in [0.717, 1.165) is 30.8 Å². The minimum atomic E-state index is -0.113. The summed E-state index contributed by atoms with van der Waals surface area (Å²) in [5, 5.41) is 5.19. The smallest absolute Gasteiger partial charge is 0.241 e. The number of carbonyl (C=O) groups excluding carboxylic acids is 1. The summed E-state index contributed by atoms with van der Waals surface area (Å²) in [5.41, 5.74) is 3.38. The lowest BCUT2D eigenvalue weighted by Gasteiger charge is -2.31. The van der Waals surface area contributed by atoms with Crippen molar-refractivity contribution >= 4 is 22.9 Å². The Morgan fingerprint density at radius 2 is 2.14 bits per heavy atom. The third kappa shape index (κ3) is 3.01. The number of anilines is 1. The zero-order valence-corrected chi connectivity index (χ0v) is 13.2. The summed E-state index contributed by atoms with van der Waals surface area (Å²) in [7, 11) is 0. The van der Waals surface area contributed by atoms with Crippen molar-refractivity contribution in [1.82, 2.24) is 4.90 Å². The summed E-state index contributed by atoms with van der Waals surface area (Å²) in [5.74, 6) is 0.0722. The molecule has 21 heavy (non-hydrogen) atoms. The first-order valence-corrected chi connectivity index (χ1v) is 8.19. The molecule has 1 aliphatic rings. The molecule has 1 aromatic carbocycles. The van der Waals surface area contributed by atoms with Gasteiger partial charge in [-0.1, -0.05) is 18.2 Å². The van der Waals surface area contributed by atoms with Gasteiger partial charge in [-0.25, -0.2) is 0 Å². The Hall–Kier alpha value is -1.65. The molecule has 3 nitrogen and oxygen atoms in total. The first-order chi connectivity index (χ1) is 10.1. The van der Waals surface area contributed by atoms with Gasteiger partial charge in [0.1, 0.15) is 0 Å². The number of amides is 1. The molecule has 0 spiro atoms. The largest absolute Gasteiger partial charge is 0.324 e. The second-order valence-electron chi connectivity index (χ2n) is 5.57. The first-order valence-electron chi connectivity index (χ1n) is 7.31. The highest BCUT2D eigenvalue weighted by molar-refractivity contribution is 7.10. The standard InChI is InChI=1S/C17H20N2OS/c1-12-5-3-4-6-15(12)18-17(20)13(2)19-9-7-16-14(11-19)8-10-21-16/h3-6,8,10,13H,7,9,11H2,1-2H3,(H,18,20). The van der Waals surface area contributed by atoms with Crippen molar-refractivity contribution in [2.24, 2.45) is 0 Å². The van der Waals surface area contributed by atoms with Crippen LogP contribution in [-0.4, -0.2) is 23.4 Å². The first kappa shape index (κ1) is 14.3. The van der Waals surface area contributed by atoms with Gasteiger partial charge in [0.2, 0.25) is 5.91 Å². The van der Waals surface area contributed by atoms with E-state index in [1.54, 1.807) is 0 Å². The summed E-state index contributed by atoms with van der Waals surface area (Å²) in [4.78, 5) is 16.2. The van der Waals surface area contributed by atoms with Gasteiger partial charge in [-0.2, -0.15) is 0 Å². The second kappa shape index (κ2) is 6.00. The normalized spacial score (nSPS) is 16.3. The van der Waals surface area contributed by atoms with Crippen LogP contribution in [0.3, 0.4) is 0 Å². The molecular formula is C17H20N2OS. The topological polar surface area (TPSA) is 32.3 Å². The zero-order valence-electron chi connectivity index (χ0n) is 12.4. The third-order valence-electron chi connectivity index (χ3n) is 4.17. The van der Waals surface area contributed by atoms with Crippen LogP contribution in [0.5, 0.6) is 0 Å². The maximum atomic E-state index is 12.5. The van der Waals surface area contributed by atoms with Crippen molar-refractivity contribution in [3.8, 4) is 0 Å². The van der Waals surface area contributed by atoms with Gasteiger partial charge in [0.25, 0.3) is 0 Å². The molecular weight excluding hydrogens is 280 g/mol. The maximum Gasteiger partial charge on any atom is 0.241 e. The molecule has 1 amide bonds. The average Bonchev–Trinajstić information content (AvgIpc) is 2.96. The molecule has 1 unspecified atom stereocenters. The molecule has 2 heterocycles. The van der Waals surface area contributed by atoms with Crippen molar-refractivity contribution in [2.45, 2.75) is 32.9 Å². The van der Waals surface area contributed by atoms with Gasteiger partial charge in [0.15, 0.2) is 0 Å². The summed E-state index contributed by atoms with van der Waals surface area (Å²) in [6.45, 7) is 5.83. The number of hydrogen-bond donors (Lipinski definition) is 1. The Bertz CT molecular complexity index is 650. The third-order valence-corrected chi connectivity index (χ3v) is 5.19. The van der Waals surface area contributed by atoms with E-state index in [2.05, 4.69) is 21.7 Å². The summed E-state index contributed by atoms with van der Waals surface area (Å²) >= 11 is 1.82. The molecule has 0 saturated carbocycles. The summed E-state index contributed by atoms with van der Waals surface area (Å²) < 4.78 is 0. The van der Waals surface area contributed by atoms with Crippen LogP contribution in [0.1, 0.15) is 22.9 Å². The van der Waals surface area contributed by atoms with Gasteiger partial charge >= 0.3 is 0 Å². The predicted octanol–water partition coefficient (Wildman–Crippen LogP) is 3.44. The van der Waals surface area contributed by atoms with E-state index in [-0.39, 0.29) is 11.9 Å². The Labute approximate surface area is 129 Å². The number of carbonyl (C=O) groups is 1. The van der Waals surface area contributed by atoms with E-state index < -0.39 is 0 Å². The number of aryl methyl sites for hydroxylation is 1.